The molecule has 0 aliphatic carbocycles. The first-order valence-electron chi connectivity index (χ1n) is 26.3. The molecule has 12 nitrogen and oxygen atoms in total. The fraction of sp³-hybridized carbons (Fsp3) is 0.300. The molecule has 0 spiro atoms. The second-order valence-corrected chi connectivity index (χ2v) is 18.8. The lowest BCUT2D eigenvalue weighted by atomic mass is 10.0. The normalized spacial score (nSPS) is 16.5. The van der Waals surface area contributed by atoms with Crippen LogP contribution in [-0.2, 0) is 0 Å². The van der Waals surface area contributed by atoms with Crippen LogP contribution in [0.3, 0.4) is 0 Å². The molecule has 6 aliphatic heterocycles. The maximum absolute atomic E-state index is 3.70. The summed E-state index contributed by atoms with van der Waals surface area (Å²) in [5.41, 5.74) is 7.01. The molecule has 0 fully saturated rings. The first-order chi connectivity index (χ1) is 35.7. The van der Waals surface area contributed by atoms with Crippen molar-refractivity contribution in [3.8, 4) is 0 Å². The Labute approximate surface area is 424 Å². The highest BCUT2D eigenvalue weighted by Crippen LogP contribution is 2.35. The van der Waals surface area contributed by atoms with Crippen LogP contribution in [-0.4, -0.2) is 118 Å². The molecule has 12 heteroatoms. The summed E-state index contributed by atoms with van der Waals surface area (Å²) in [5, 5.41) is 58.8. The molecular formula is C60H72N12. The van der Waals surface area contributed by atoms with E-state index in [-0.39, 0.29) is 0 Å². The van der Waals surface area contributed by atoms with Gasteiger partial charge in [-0.15, -0.1) is 0 Å². The van der Waals surface area contributed by atoms with Crippen molar-refractivity contribution in [2.45, 2.75) is 0 Å². The lowest BCUT2D eigenvalue weighted by Gasteiger charge is -2.15. The van der Waals surface area contributed by atoms with Gasteiger partial charge in [-0.05, 0) is 105 Å². The first kappa shape index (κ1) is 48.7. The minimum absolute atomic E-state index is 0.851. The van der Waals surface area contributed by atoms with Gasteiger partial charge in [0.15, 0.2) is 0 Å². The van der Waals surface area contributed by atoms with Crippen molar-refractivity contribution in [3.63, 3.8) is 0 Å². The standard InChI is InChI=1S/C60H72N12/c1-7-43-37-50-44-8-2-14-56(50)68-32-26-63-21-22-64-28-34-70-58-16-5-11-47-42-54-48(41-53(47)58)12-6-18-60(54)72-36-30-66-24-23-65-29-35-71-59-17-4-10-46-39-51-45(40-52(46)59)9-3-15-57(51)69-33-27-62-20-19-61-25-31-67-55(13-1)49(43)38-44/h1-18,37-42,61-72H,19-36H2. The van der Waals surface area contributed by atoms with Crippen molar-refractivity contribution in [2.75, 3.05) is 150 Å². The minimum Gasteiger partial charge on any atom is -0.383 e. The van der Waals surface area contributed by atoms with Crippen molar-refractivity contribution >= 4 is 98.8 Å². The molecule has 0 saturated heterocycles. The predicted molar refractivity (Wildman–Crippen MR) is 313 cm³/mol. The number of nitrogens with one attached hydrogen (secondary N) is 12. The van der Waals surface area contributed by atoms with Crippen LogP contribution in [0.25, 0.3) is 64.6 Å². The number of hydrogen-bond acceptors (Lipinski definition) is 12. The predicted octanol–water partition coefficient (Wildman–Crippen LogP) is 9.03. The molecule has 6 aliphatic rings. The highest BCUT2D eigenvalue weighted by atomic mass is 15.0. The minimum atomic E-state index is 0.851. The molecule has 72 heavy (non-hydrogen) atoms. The van der Waals surface area contributed by atoms with Crippen LogP contribution in [0.5, 0.6) is 0 Å². The number of rotatable bonds is 0. The van der Waals surface area contributed by atoms with Gasteiger partial charge in [-0.1, -0.05) is 72.8 Å². The molecule has 9 aromatic carbocycles. The maximum Gasteiger partial charge on any atom is 0.0420 e. The number of hydrogen-bond donors (Lipinski definition) is 12. The Morgan fingerprint density at radius 3 is 0.500 bits per heavy atom. The largest absolute Gasteiger partial charge is 0.383 e. The zero-order chi connectivity index (χ0) is 48.6. The average Bonchev–Trinajstić information content (AvgIpc) is 3.40. The van der Waals surface area contributed by atoms with Crippen LogP contribution < -0.4 is 63.8 Å². The molecule has 0 radical (unpaired) electrons. The van der Waals surface area contributed by atoms with Gasteiger partial charge in [0.25, 0.3) is 0 Å². The van der Waals surface area contributed by atoms with E-state index in [0.29, 0.717) is 0 Å². The summed E-state index contributed by atoms with van der Waals surface area (Å²) in [6.45, 7) is 15.9. The first-order valence-corrected chi connectivity index (χ1v) is 26.3. The quantitative estimate of drug-likeness (QED) is 0.0660. The van der Waals surface area contributed by atoms with Gasteiger partial charge in [-0.2, -0.15) is 0 Å². The summed E-state index contributed by atoms with van der Waals surface area (Å²) >= 11 is 0. The summed E-state index contributed by atoms with van der Waals surface area (Å²) in [4.78, 5) is 0. The summed E-state index contributed by atoms with van der Waals surface area (Å²) in [6.07, 6.45) is 0. The maximum atomic E-state index is 3.70. The summed E-state index contributed by atoms with van der Waals surface area (Å²) in [5.74, 6) is 0. The molecule has 12 N–H and O–H groups in total. The van der Waals surface area contributed by atoms with Crippen LogP contribution in [0.15, 0.2) is 146 Å². The monoisotopic (exact) mass is 961 g/mol. The number of anilines is 6. The molecule has 372 valence electrons. The van der Waals surface area contributed by atoms with Gasteiger partial charge >= 0.3 is 0 Å². The highest BCUT2D eigenvalue weighted by molar-refractivity contribution is 6.09. The third kappa shape index (κ3) is 12.4. The van der Waals surface area contributed by atoms with Crippen molar-refractivity contribution in [3.05, 3.63) is 146 Å². The van der Waals surface area contributed by atoms with Crippen molar-refractivity contribution < 1.29 is 0 Å². The molecule has 6 heterocycles. The smallest absolute Gasteiger partial charge is 0.0420 e. The van der Waals surface area contributed by atoms with Gasteiger partial charge in [0, 0.05) is 184 Å². The topological polar surface area (TPSA) is 144 Å². The van der Waals surface area contributed by atoms with Crippen LogP contribution in [0, 0.1) is 0 Å². The van der Waals surface area contributed by atoms with Crippen molar-refractivity contribution in [1.82, 2.24) is 31.9 Å². The Hall–Kier alpha value is -6.90. The van der Waals surface area contributed by atoms with E-state index in [2.05, 4.69) is 209 Å². The molecular weight excluding hydrogens is 889 g/mol. The van der Waals surface area contributed by atoms with Gasteiger partial charge < -0.3 is 63.8 Å². The van der Waals surface area contributed by atoms with E-state index in [4.69, 9.17) is 0 Å². The van der Waals surface area contributed by atoms with Crippen LogP contribution >= 0.6 is 0 Å². The molecule has 9 aromatic rings. The summed E-state index contributed by atoms with van der Waals surface area (Å²) in [7, 11) is 0. The Kier molecular flexibility index (Phi) is 16.9. The zero-order valence-corrected chi connectivity index (χ0v) is 41.6. The SMILES string of the molecule is c1cc2c3cc4cccc(c4cc3c1)NCCNCCNCCNc1cccc3cc4c(cccc4cc13)NCCNCCNCCNc1cccc3cc4c(cccc4cc13)NCCNCCNCCN2. The van der Waals surface area contributed by atoms with E-state index < -0.39 is 0 Å². The molecule has 0 aromatic heterocycles. The Balaban J connectivity index is 0.759. The lowest BCUT2D eigenvalue weighted by Crippen LogP contribution is -2.32. The Bertz CT molecular complexity index is 2660. The fourth-order valence-corrected chi connectivity index (χ4v) is 10.1. The van der Waals surface area contributed by atoms with Crippen molar-refractivity contribution in [2.24, 2.45) is 0 Å². The number of benzene rings is 9. The van der Waals surface area contributed by atoms with E-state index in [1.54, 1.807) is 0 Å². The van der Waals surface area contributed by atoms with E-state index in [9.17, 15) is 0 Å². The van der Waals surface area contributed by atoms with Crippen LogP contribution in [0.2, 0.25) is 0 Å². The zero-order valence-electron chi connectivity index (χ0n) is 41.6. The van der Waals surface area contributed by atoms with E-state index in [1.165, 1.54) is 98.8 Å². The molecule has 18 bridgehead atoms. The lowest BCUT2D eigenvalue weighted by molar-refractivity contribution is 0.627. The second kappa shape index (κ2) is 25.0. The van der Waals surface area contributed by atoms with E-state index in [1.807, 2.05) is 0 Å². The third-order valence-corrected chi connectivity index (χ3v) is 13.8. The van der Waals surface area contributed by atoms with E-state index in [0.717, 1.165) is 118 Å². The summed E-state index contributed by atoms with van der Waals surface area (Å²) < 4.78 is 0. The average molecular weight is 961 g/mol. The molecule has 0 unspecified atom stereocenters. The molecule has 15 rings (SSSR count). The second-order valence-electron chi connectivity index (χ2n) is 18.8. The van der Waals surface area contributed by atoms with Gasteiger partial charge in [0.05, 0.1) is 0 Å². The van der Waals surface area contributed by atoms with Crippen LogP contribution in [0.4, 0.5) is 34.1 Å². The molecule has 0 atom stereocenters. The van der Waals surface area contributed by atoms with Crippen molar-refractivity contribution in [1.29, 1.82) is 0 Å². The summed E-state index contributed by atoms with van der Waals surface area (Å²) in [6, 6.07) is 53.3. The third-order valence-electron chi connectivity index (χ3n) is 13.8. The fourth-order valence-electron chi connectivity index (χ4n) is 10.1. The molecule has 0 saturated carbocycles. The van der Waals surface area contributed by atoms with Gasteiger partial charge in [-0.25, -0.2) is 0 Å². The Morgan fingerprint density at radius 1 is 0.181 bits per heavy atom. The van der Waals surface area contributed by atoms with E-state index >= 15 is 0 Å². The highest BCUT2D eigenvalue weighted by Gasteiger charge is 2.10. The van der Waals surface area contributed by atoms with Gasteiger partial charge in [0.2, 0.25) is 0 Å². The van der Waals surface area contributed by atoms with Gasteiger partial charge in [0.1, 0.15) is 0 Å². The Morgan fingerprint density at radius 2 is 0.333 bits per heavy atom. The molecule has 0 amide bonds. The van der Waals surface area contributed by atoms with Gasteiger partial charge in [-0.3, -0.25) is 0 Å². The van der Waals surface area contributed by atoms with Crippen LogP contribution in [0.1, 0.15) is 0 Å².